The number of hydrogen-bond donors (Lipinski definition) is 2. The highest BCUT2D eigenvalue weighted by atomic mass is 16.5. The van der Waals surface area contributed by atoms with E-state index in [2.05, 4.69) is 15.5 Å². The molecule has 134 valence electrons. The maximum absolute atomic E-state index is 12.3. The van der Waals surface area contributed by atoms with E-state index in [1.54, 1.807) is 31.2 Å². The molecule has 1 aliphatic carbocycles. The van der Waals surface area contributed by atoms with Crippen LogP contribution in [0.4, 0.5) is 0 Å². The number of nitrogens with zero attached hydrogens (tertiary/aromatic N) is 2. The van der Waals surface area contributed by atoms with Gasteiger partial charge in [-0.25, -0.2) is 0 Å². The molecule has 1 saturated carbocycles. The van der Waals surface area contributed by atoms with Gasteiger partial charge in [-0.05, 0) is 51.0 Å². The van der Waals surface area contributed by atoms with E-state index < -0.39 is 6.10 Å². The first-order chi connectivity index (χ1) is 12.1. The molecule has 0 bridgehead atoms. The van der Waals surface area contributed by atoms with Gasteiger partial charge in [0, 0.05) is 23.9 Å². The van der Waals surface area contributed by atoms with Crippen molar-refractivity contribution in [3.8, 4) is 5.75 Å². The Bertz CT molecular complexity index is 713. The normalized spacial score (nSPS) is 22.8. The van der Waals surface area contributed by atoms with Gasteiger partial charge in [0.05, 0.1) is 12.7 Å². The maximum atomic E-state index is 12.3. The molecular formula is C18H23N3O4. The summed E-state index contributed by atoms with van der Waals surface area (Å²) in [6, 6.07) is 7.01. The Morgan fingerprint density at radius 3 is 2.76 bits per heavy atom. The topological polar surface area (TPSA) is 97.5 Å². The van der Waals surface area contributed by atoms with E-state index in [1.165, 1.54) is 0 Å². The molecule has 0 radical (unpaired) electrons. The third kappa shape index (κ3) is 4.17. The van der Waals surface area contributed by atoms with Crippen molar-refractivity contribution in [2.45, 2.75) is 38.7 Å². The first-order valence-corrected chi connectivity index (χ1v) is 8.56. The Hall–Kier alpha value is -2.41. The van der Waals surface area contributed by atoms with Gasteiger partial charge in [0.2, 0.25) is 5.89 Å². The standard InChI is InChI=1S/C18H23N3O4/c1-3-24-15-6-4-12(5-7-15)17(23)19-10-14-8-13(9-16(14)22)18-20-11(2)21-25-18/h4-7,13-14,16,22H,3,8-10H2,1-2H3,(H,19,23)/t13-,14+,16+/m0/s1. The molecule has 1 aromatic heterocycles. The van der Waals surface area contributed by atoms with Gasteiger partial charge in [0.15, 0.2) is 5.82 Å². The summed E-state index contributed by atoms with van der Waals surface area (Å²) in [5.74, 6) is 1.76. The molecule has 7 heteroatoms. The van der Waals surface area contributed by atoms with Crippen molar-refractivity contribution in [1.29, 1.82) is 0 Å². The number of amides is 1. The molecular weight excluding hydrogens is 322 g/mol. The summed E-state index contributed by atoms with van der Waals surface area (Å²) in [7, 11) is 0. The number of hydrogen-bond acceptors (Lipinski definition) is 6. The number of aromatic nitrogens is 2. The molecule has 7 nitrogen and oxygen atoms in total. The van der Waals surface area contributed by atoms with E-state index in [0.717, 1.165) is 5.75 Å². The van der Waals surface area contributed by atoms with E-state index in [0.29, 0.717) is 43.3 Å². The second-order valence-electron chi connectivity index (χ2n) is 6.34. The van der Waals surface area contributed by atoms with Crippen molar-refractivity contribution in [3.63, 3.8) is 0 Å². The SMILES string of the molecule is CCOc1ccc(C(=O)NC[C@H]2C[C@H](c3nc(C)no3)C[C@H]2O)cc1. The van der Waals surface area contributed by atoms with Gasteiger partial charge in [-0.15, -0.1) is 0 Å². The predicted octanol–water partition coefficient (Wildman–Crippen LogP) is 2.06. The zero-order valence-electron chi connectivity index (χ0n) is 14.4. The summed E-state index contributed by atoms with van der Waals surface area (Å²) in [6.45, 7) is 4.69. The van der Waals surface area contributed by atoms with Crippen LogP contribution in [-0.4, -0.2) is 40.4 Å². The number of nitrogens with one attached hydrogen (secondary N) is 1. The van der Waals surface area contributed by atoms with Crippen molar-refractivity contribution in [1.82, 2.24) is 15.5 Å². The van der Waals surface area contributed by atoms with Crippen LogP contribution in [0.1, 0.15) is 47.8 Å². The summed E-state index contributed by atoms with van der Waals surface area (Å²) in [5.41, 5.74) is 0.569. The number of aliphatic hydroxyl groups excluding tert-OH is 1. The van der Waals surface area contributed by atoms with E-state index in [4.69, 9.17) is 9.26 Å². The smallest absolute Gasteiger partial charge is 0.251 e. The molecule has 1 aromatic carbocycles. The molecule has 2 N–H and O–H groups in total. The maximum Gasteiger partial charge on any atom is 0.251 e. The highest BCUT2D eigenvalue weighted by molar-refractivity contribution is 5.94. The highest BCUT2D eigenvalue weighted by Gasteiger charge is 2.36. The zero-order chi connectivity index (χ0) is 17.8. The number of aryl methyl sites for hydroxylation is 1. The Morgan fingerprint density at radius 1 is 1.36 bits per heavy atom. The molecule has 1 fully saturated rings. The molecule has 0 saturated heterocycles. The quantitative estimate of drug-likeness (QED) is 0.832. The molecule has 1 aliphatic rings. The van der Waals surface area contributed by atoms with Gasteiger partial charge in [-0.1, -0.05) is 5.16 Å². The van der Waals surface area contributed by atoms with E-state index >= 15 is 0 Å². The number of carbonyl (C=O) groups excluding carboxylic acids is 1. The number of carbonyl (C=O) groups is 1. The third-order valence-electron chi connectivity index (χ3n) is 4.50. The van der Waals surface area contributed by atoms with Crippen LogP contribution in [0.3, 0.4) is 0 Å². The zero-order valence-corrected chi connectivity index (χ0v) is 14.4. The second kappa shape index (κ2) is 7.65. The molecule has 0 spiro atoms. The Balaban J connectivity index is 1.53. The summed E-state index contributed by atoms with van der Waals surface area (Å²) in [5, 5.41) is 16.9. The van der Waals surface area contributed by atoms with Gasteiger partial charge in [0.1, 0.15) is 5.75 Å². The molecule has 0 aliphatic heterocycles. The van der Waals surface area contributed by atoms with Crippen molar-refractivity contribution >= 4 is 5.91 Å². The van der Waals surface area contributed by atoms with Crippen molar-refractivity contribution in [3.05, 3.63) is 41.5 Å². The van der Waals surface area contributed by atoms with Gasteiger partial charge in [0.25, 0.3) is 5.91 Å². The average molecular weight is 345 g/mol. The number of ether oxygens (including phenoxy) is 1. The molecule has 3 rings (SSSR count). The minimum Gasteiger partial charge on any atom is -0.494 e. The van der Waals surface area contributed by atoms with Crippen LogP contribution in [0, 0.1) is 12.8 Å². The summed E-state index contributed by atoms with van der Waals surface area (Å²) in [4.78, 5) is 16.5. The van der Waals surface area contributed by atoms with Crippen LogP contribution in [0.15, 0.2) is 28.8 Å². The lowest BCUT2D eigenvalue weighted by Gasteiger charge is -2.15. The van der Waals surface area contributed by atoms with Crippen molar-refractivity contribution in [2.24, 2.45) is 5.92 Å². The first-order valence-electron chi connectivity index (χ1n) is 8.56. The summed E-state index contributed by atoms with van der Waals surface area (Å²) in [6.07, 6.45) is 0.801. The van der Waals surface area contributed by atoms with Crippen LogP contribution in [0.2, 0.25) is 0 Å². The Labute approximate surface area is 146 Å². The van der Waals surface area contributed by atoms with Crippen molar-refractivity contribution in [2.75, 3.05) is 13.2 Å². The average Bonchev–Trinajstić information content (AvgIpc) is 3.19. The fourth-order valence-corrected chi connectivity index (χ4v) is 3.20. The van der Waals surface area contributed by atoms with E-state index in [1.807, 2.05) is 6.92 Å². The monoisotopic (exact) mass is 345 g/mol. The fourth-order valence-electron chi connectivity index (χ4n) is 3.20. The van der Waals surface area contributed by atoms with Crippen LogP contribution >= 0.6 is 0 Å². The first kappa shape index (κ1) is 17.4. The third-order valence-corrected chi connectivity index (χ3v) is 4.50. The molecule has 0 unspecified atom stereocenters. The Kier molecular flexibility index (Phi) is 5.33. The Morgan fingerprint density at radius 2 is 2.12 bits per heavy atom. The fraction of sp³-hybridized carbons (Fsp3) is 0.500. The van der Waals surface area contributed by atoms with Crippen LogP contribution < -0.4 is 10.1 Å². The lowest BCUT2D eigenvalue weighted by Crippen LogP contribution is -2.32. The summed E-state index contributed by atoms with van der Waals surface area (Å²) < 4.78 is 10.6. The molecule has 1 amide bonds. The van der Waals surface area contributed by atoms with Crippen molar-refractivity contribution < 1.29 is 19.2 Å². The van der Waals surface area contributed by atoms with Gasteiger partial charge < -0.3 is 19.7 Å². The lowest BCUT2D eigenvalue weighted by molar-refractivity contribution is 0.0916. The van der Waals surface area contributed by atoms with Crippen LogP contribution in [-0.2, 0) is 0 Å². The molecule has 2 aromatic rings. The number of rotatable bonds is 6. The minimum atomic E-state index is -0.488. The van der Waals surface area contributed by atoms with Crippen LogP contribution in [0.5, 0.6) is 5.75 Å². The predicted molar refractivity (Wildman–Crippen MR) is 90.5 cm³/mol. The van der Waals surface area contributed by atoms with Gasteiger partial charge in [-0.3, -0.25) is 4.79 Å². The highest BCUT2D eigenvalue weighted by Crippen LogP contribution is 2.37. The van der Waals surface area contributed by atoms with Gasteiger partial charge in [-0.2, -0.15) is 4.98 Å². The largest absolute Gasteiger partial charge is 0.494 e. The number of aliphatic hydroxyl groups is 1. The van der Waals surface area contributed by atoms with Gasteiger partial charge >= 0.3 is 0 Å². The molecule has 1 heterocycles. The second-order valence-corrected chi connectivity index (χ2v) is 6.34. The lowest BCUT2D eigenvalue weighted by atomic mass is 10.0. The molecule has 25 heavy (non-hydrogen) atoms. The number of benzene rings is 1. The van der Waals surface area contributed by atoms with Crippen LogP contribution in [0.25, 0.3) is 0 Å². The minimum absolute atomic E-state index is 0.0242. The molecule has 3 atom stereocenters. The van der Waals surface area contributed by atoms with E-state index in [9.17, 15) is 9.90 Å². The van der Waals surface area contributed by atoms with E-state index in [-0.39, 0.29) is 17.7 Å². The summed E-state index contributed by atoms with van der Waals surface area (Å²) >= 11 is 0.